The Kier molecular flexibility index (Phi) is 5.41. The number of carbonyl (C=O) groups is 1. The Bertz CT molecular complexity index is 498. The van der Waals surface area contributed by atoms with E-state index in [2.05, 4.69) is 19.2 Å². The van der Waals surface area contributed by atoms with E-state index in [1.165, 1.54) is 12.7 Å². The molecular weight excluding hydrogens is 300 g/mol. The molecule has 2 amide bonds. The first-order valence-corrected chi connectivity index (χ1v) is 10.5. The Balaban J connectivity index is 1.88. The SMILES string of the molecule is CC(C)C[C@@H]1CCCCN1C(=O)NCC1(CS(C)(=O)=O)CC1. The lowest BCUT2D eigenvalue weighted by atomic mass is 9.94. The minimum atomic E-state index is -2.98. The highest BCUT2D eigenvalue weighted by atomic mass is 32.2. The summed E-state index contributed by atoms with van der Waals surface area (Å²) in [4.78, 5) is 14.5. The zero-order chi connectivity index (χ0) is 16.4. The molecule has 0 spiro atoms. The largest absolute Gasteiger partial charge is 0.337 e. The third kappa shape index (κ3) is 5.14. The molecule has 2 fully saturated rings. The molecule has 0 radical (unpaired) electrons. The molecule has 5 nitrogen and oxygen atoms in total. The lowest BCUT2D eigenvalue weighted by Gasteiger charge is -2.37. The Labute approximate surface area is 134 Å². The van der Waals surface area contributed by atoms with Crippen LogP contribution >= 0.6 is 0 Å². The van der Waals surface area contributed by atoms with Gasteiger partial charge in [-0.1, -0.05) is 13.8 Å². The van der Waals surface area contributed by atoms with Crippen molar-refractivity contribution in [2.45, 2.75) is 58.4 Å². The van der Waals surface area contributed by atoms with Gasteiger partial charge in [0.25, 0.3) is 0 Å². The number of nitrogens with zero attached hydrogens (tertiary/aromatic N) is 1. The third-order valence-electron chi connectivity index (χ3n) is 4.77. The molecule has 1 N–H and O–H groups in total. The van der Waals surface area contributed by atoms with Gasteiger partial charge in [-0.3, -0.25) is 0 Å². The van der Waals surface area contributed by atoms with Crippen LogP contribution in [0.3, 0.4) is 0 Å². The average Bonchev–Trinajstić information content (AvgIpc) is 3.14. The van der Waals surface area contributed by atoms with Gasteiger partial charge in [0.05, 0.1) is 5.75 Å². The van der Waals surface area contributed by atoms with Gasteiger partial charge in [0.2, 0.25) is 0 Å². The first kappa shape index (κ1) is 17.6. The lowest BCUT2D eigenvalue weighted by Crippen LogP contribution is -2.50. The van der Waals surface area contributed by atoms with Crippen molar-refractivity contribution in [2.24, 2.45) is 11.3 Å². The molecule has 2 rings (SSSR count). The molecule has 128 valence electrons. The van der Waals surface area contributed by atoms with Crippen molar-refractivity contribution < 1.29 is 13.2 Å². The molecule has 2 aliphatic rings. The summed E-state index contributed by atoms with van der Waals surface area (Å²) in [5.41, 5.74) is -0.202. The fourth-order valence-corrected chi connectivity index (χ4v) is 5.03. The summed E-state index contributed by atoms with van der Waals surface area (Å²) in [6, 6.07) is 0.323. The molecule has 6 heteroatoms. The van der Waals surface area contributed by atoms with E-state index in [1.54, 1.807) is 0 Å². The quantitative estimate of drug-likeness (QED) is 0.813. The number of urea groups is 1. The molecule has 1 saturated carbocycles. The Hall–Kier alpha value is -0.780. The van der Waals surface area contributed by atoms with Crippen molar-refractivity contribution in [2.75, 3.05) is 25.1 Å². The van der Waals surface area contributed by atoms with Crippen LogP contribution in [-0.4, -0.2) is 50.5 Å². The molecule has 1 aliphatic carbocycles. The van der Waals surface area contributed by atoms with E-state index in [0.717, 1.165) is 38.6 Å². The van der Waals surface area contributed by atoms with E-state index in [0.29, 0.717) is 18.5 Å². The van der Waals surface area contributed by atoms with Crippen LogP contribution in [-0.2, 0) is 9.84 Å². The molecule has 0 unspecified atom stereocenters. The van der Waals surface area contributed by atoms with Gasteiger partial charge in [-0.2, -0.15) is 0 Å². The molecule has 0 aromatic carbocycles. The lowest BCUT2D eigenvalue weighted by molar-refractivity contribution is 0.138. The van der Waals surface area contributed by atoms with Crippen molar-refractivity contribution in [3.63, 3.8) is 0 Å². The number of nitrogens with one attached hydrogen (secondary N) is 1. The minimum absolute atomic E-state index is 0.00914. The first-order valence-electron chi connectivity index (χ1n) is 8.43. The van der Waals surface area contributed by atoms with Crippen molar-refractivity contribution >= 4 is 15.9 Å². The van der Waals surface area contributed by atoms with Crippen LogP contribution < -0.4 is 5.32 Å². The van der Waals surface area contributed by atoms with Gasteiger partial charge in [0, 0.05) is 30.8 Å². The fourth-order valence-electron chi connectivity index (χ4n) is 3.53. The van der Waals surface area contributed by atoms with Crippen molar-refractivity contribution in [1.29, 1.82) is 0 Å². The Morgan fingerprint density at radius 1 is 1.32 bits per heavy atom. The summed E-state index contributed by atoms with van der Waals surface area (Å²) < 4.78 is 23.0. The second-order valence-corrected chi connectivity index (χ2v) is 9.84. The van der Waals surface area contributed by atoms with Crippen molar-refractivity contribution in [1.82, 2.24) is 10.2 Å². The van der Waals surface area contributed by atoms with Crippen molar-refractivity contribution in [3.8, 4) is 0 Å². The summed E-state index contributed by atoms with van der Waals surface area (Å²) in [5, 5.41) is 3.00. The first-order chi connectivity index (χ1) is 10.2. The van der Waals surface area contributed by atoms with Gasteiger partial charge in [0.1, 0.15) is 9.84 Å². The zero-order valence-corrected chi connectivity index (χ0v) is 14.9. The summed E-state index contributed by atoms with van der Waals surface area (Å²) >= 11 is 0. The second-order valence-electron chi connectivity index (χ2n) is 7.70. The number of hydrogen-bond donors (Lipinski definition) is 1. The summed E-state index contributed by atoms with van der Waals surface area (Å²) in [7, 11) is -2.98. The molecule has 1 atom stereocenters. The molecule has 0 bridgehead atoms. The van der Waals surface area contributed by atoms with E-state index in [1.807, 2.05) is 4.90 Å². The zero-order valence-electron chi connectivity index (χ0n) is 14.1. The van der Waals surface area contributed by atoms with E-state index >= 15 is 0 Å². The number of likely N-dealkylation sites (tertiary alicyclic amines) is 1. The average molecular weight is 330 g/mol. The van der Waals surface area contributed by atoms with Gasteiger partial charge in [0.15, 0.2) is 0 Å². The topological polar surface area (TPSA) is 66.5 Å². The van der Waals surface area contributed by atoms with Gasteiger partial charge in [-0.15, -0.1) is 0 Å². The Morgan fingerprint density at radius 3 is 2.55 bits per heavy atom. The maximum atomic E-state index is 12.5. The molecule has 1 aliphatic heterocycles. The number of sulfone groups is 1. The van der Waals surface area contributed by atoms with Crippen LogP contribution in [0.15, 0.2) is 0 Å². The summed E-state index contributed by atoms with van der Waals surface area (Å²) in [5.74, 6) is 0.772. The van der Waals surface area contributed by atoms with Crippen molar-refractivity contribution in [3.05, 3.63) is 0 Å². The minimum Gasteiger partial charge on any atom is -0.337 e. The van der Waals surface area contributed by atoms with Crippen LogP contribution in [0.1, 0.15) is 52.4 Å². The normalized spacial score (nSPS) is 24.4. The van der Waals surface area contributed by atoms with Crippen LogP contribution in [0.25, 0.3) is 0 Å². The number of carbonyl (C=O) groups excluding carboxylic acids is 1. The highest BCUT2D eigenvalue weighted by Gasteiger charge is 2.45. The van der Waals surface area contributed by atoms with Crippen LogP contribution in [0.4, 0.5) is 4.79 Å². The van der Waals surface area contributed by atoms with Crippen LogP contribution in [0.2, 0.25) is 0 Å². The smallest absolute Gasteiger partial charge is 0.317 e. The number of hydrogen-bond acceptors (Lipinski definition) is 3. The van der Waals surface area contributed by atoms with E-state index < -0.39 is 9.84 Å². The predicted octanol–water partition coefficient (Wildman–Crippen LogP) is 2.42. The van der Waals surface area contributed by atoms with Crippen LogP contribution in [0.5, 0.6) is 0 Å². The van der Waals surface area contributed by atoms with Gasteiger partial charge in [-0.05, 0) is 44.4 Å². The maximum Gasteiger partial charge on any atom is 0.317 e. The standard InChI is InChI=1S/C16H30N2O3S/c1-13(2)10-14-6-4-5-9-18(14)15(19)17-11-16(7-8-16)12-22(3,20)21/h13-14H,4-12H2,1-3H3,(H,17,19)/t14-/m0/s1. The number of amides is 2. The highest BCUT2D eigenvalue weighted by Crippen LogP contribution is 2.46. The van der Waals surface area contributed by atoms with Crippen LogP contribution in [0, 0.1) is 11.3 Å². The van der Waals surface area contributed by atoms with Gasteiger partial charge in [-0.25, -0.2) is 13.2 Å². The number of piperidine rings is 1. The molecule has 1 saturated heterocycles. The van der Waals surface area contributed by atoms with E-state index in [4.69, 9.17) is 0 Å². The molecule has 1 heterocycles. The third-order valence-corrected chi connectivity index (χ3v) is 5.91. The number of rotatable bonds is 6. The predicted molar refractivity (Wildman–Crippen MR) is 88.6 cm³/mol. The van der Waals surface area contributed by atoms with Gasteiger partial charge >= 0.3 is 6.03 Å². The summed E-state index contributed by atoms with van der Waals surface area (Å²) in [6.07, 6.45) is 7.46. The fraction of sp³-hybridized carbons (Fsp3) is 0.938. The molecule has 22 heavy (non-hydrogen) atoms. The van der Waals surface area contributed by atoms with E-state index in [9.17, 15) is 13.2 Å². The molecular formula is C16H30N2O3S. The molecule has 0 aromatic heterocycles. The summed E-state index contributed by atoms with van der Waals surface area (Å²) in [6.45, 7) is 5.69. The second kappa shape index (κ2) is 6.77. The molecule has 0 aromatic rings. The monoisotopic (exact) mass is 330 g/mol. The van der Waals surface area contributed by atoms with E-state index in [-0.39, 0.29) is 17.2 Å². The van der Waals surface area contributed by atoms with Gasteiger partial charge < -0.3 is 10.2 Å². The maximum absolute atomic E-state index is 12.5. The highest BCUT2D eigenvalue weighted by molar-refractivity contribution is 7.90. The Morgan fingerprint density at radius 2 is 2.00 bits per heavy atom.